The van der Waals surface area contributed by atoms with Crippen LogP contribution in [0.2, 0.25) is 5.02 Å². The number of aromatic nitrogens is 5. The Morgan fingerprint density at radius 3 is 2.56 bits per heavy atom. The van der Waals surface area contributed by atoms with Crippen LogP contribution in [0.1, 0.15) is 16.1 Å². The Morgan fingerprint density at radius 2 is 1.88 bits per heavy atom. The minimum absolute atomic E-state index is 0.0731. The predicted octanol–water partition coefficient (Wildman–Crippen LogP) is 0.928. The molecule has 5 N–H and O–H groups in total. The Morgan fingerprint density at radius 1 is 1.18 bits per heavy atom. The van der Waals surface area contributed by atoms with Crippen LogP contribution in [0.15, 0.2) is 69.2 Å². The van der Waals surface area contributed by atoms with Gasteiger partial charge in [-0.05, 0) is 42.0 Å². The number of halogens is 1. The average Bonchev–Trinajstić information content (AvgIpc) is 3.30. The molecule has 0 aliphatic heterocycles. The Hall–Kier alpha value is -4.42. The lowest BCUT2D eigenvalue weighted by molar-refractivity contribution is 0.0948. The SMILES string of the molecule is Cn1c(=O)[nH]/c(=N\c2ccc(Oc3cc(C(=O)NN)n[nH]3)cc2)n(Cc2ccc(Cl)cc2)c1=O. The maximum Gasteiger partial charge on any atom is 0.335 e. The number of benzene rings is 2. The minimum atomic E-state index is -0.590. The highest BCUT2D eigenvalue weighted by atomic mass is 35.5. The first-order valence-electron chi connectivity index (χ1n) is 9.87. The second kappa shape index (κ2) is 9.60. The standard InChI is InChI=1S/C21H19ClN8O4/c1-29-20(32)25-19(30(21(29)33)11-12-2-4-13(22)5-3-12)24-14-6-8-15(9-7-14)34-17-10-16(27-28-17)18(31)26-23/h2-10H,11,23H2,1H3,(H,26,31)(H,27,28)(H,24,25,32). The number of rotatable bonds is 6. The first kappa shape index (κ1) is 22.8. The van der Waals surface area contributed by atoms with E-state index in [2.05, 4.69) is 20.2 Å². The summed E-state index contributed by atoms with van der Waals surface area (Å²) in [4.78, 5) is 43.5. The monoisotopic (exact) mass is 482 g/mol. The molecule has 13 heteroatoms. The van der Waals surface area contributed by atoms with Gasteiger partial charge in [0.15, 0.2) is 5.69 Å². The van der Waals surface area contributed by atoms with Crippen LogP contribution in [-0.4, -0.2) is 30.2 Å². The number of nitrogens with two attached hydrogens (primary N) is 1. The van der Waals surface area contributed by atoms with Crippen LogP contribution in [0.5, 0.6) is 11.6 Å². The van der Waals surface area contributed by atoms with Crippen molar-refractivity contribution in [3.05, 3.63) is 97.5 Å². The zero-order valence-corrected chi connectivity index (χ0v) is 18.5. The summed E-state index contributed by atoms with van der Waals surface area (Å²) < 4.78 is 7.94. The minimum Gasteiger partial charge on any atom is -0.440 e. The van der Waals surface area contributed by atoms with E-state index in [1.165, 1.54) is 17.7 Å². The molecule has 4 aromatic rings. The molecule has 2 heterocycles. The summed E-state index contributed by atoms with van der Waals surface area (Å²) in [5, 5.41) is 6.94. The van der Waals surface area contributed by atoms with Gasteiger partial charge in [0, 0.05) is 18.1 Å². The molecule has 0 aliphatic rings. The van der Waals surface area contributed by atoms with Crippen LogP contribution in [0.25, 0.3) is 0 Å². The van der Waals surface area contributed by atoms with E-state index < -0.39 is 17.3 Å². The number of nitrogens with zero attached hydrogens (tertiary/aromatic N) is 4. The second-order valence-electron chi connectivity index (χ2n) is 7.11. The quantitative estimate of drug-likeness (QED) is 0.181. The van der Waals surface area contributed by atoms with E-state index in [1.54, 1.807) is 48.5 Å². The summed E-state index contributed by atoms with van der Waals surface area (Å²) in [6.07, 6.45) is 0. The van der Waals surface area contributed by atoms with Gasteiger partial charge in [-0.3, -0.25) is 19.8 Å². The van der Waals surface area contributed by atoms with Gasteiger partial charge in [0.1, 0.15) is 5.75 Å². The van der Waals surface area contributed by atoms with Crippen LogP contribution >= 0.6 is 11.6 Å². The lowest BCUT2D eigenvalue weighted by atomic mass is 10.2. The van der Waals surface area contributed by atoms with E-state index in [9.17, 15) is 14.4 Å². The van der Waals surface area contributed by atoms with E-state index in [4.69, 9.17) is 22.2 Å². The maximum atomic E-state index is 12.8. The Balaban J connectivity index is 1.63. The highest BCUT2D eigenvalue weighted by Crippen LogP contribution is 2.22. The Kier molecular flexibility index (Phi) is 6.43. The summed E-state index contributed by atoms with van der Waals surface area (Å²) in [5.41, 5.74) is 2.30. The molecule has 4 rings (SSSR count). The topological polar surface area (TPSA) is 165 Å². The molecule has 34 heavy (non-hydrogen) atoms. The molecule has 2 aromatic carbocycles. The van der Waals surface area contributed by atoms with Crippen molar-refractivity contribution in [2.45, 2.75) is 6.54 Å². The fraction of sp³-hybridized carbons (Fsp3) is 0.0952. The van der Waals surface area contributed by atoms with Gasteiger partial charge in [0.2, 0.25) is 11.5 Å². The summed E-state index contributed by atoms with van der Waals surface area (Å²) >= 11 is 5.94. The fourth-order valence-electron chi connectivity index (χ4n) is 2.99. The zero-order valence-electron chi connectivity index (χ0n) is 17.8. The summed E-state index contributed by atoms with van der Waals surface area (Å²) in [6, 6.07) is 14.9. The van der Waals surface area contributed by atoms with E-state index >= 15 is 0 Å². The average molecular weight is 483 g/mol. The molecule has 1 amide bonds. The molecule has 0 radical (unpaired) electrons. The number of aromatic amines is 2. The van der Waals surface area contributed by atoms with Gasteiger partial charge in [-0.15, -0.1) is 0 Å². The smallest absolute Gasteiger partial charge is 0.335 e. The van der Waals surface area contributed by atoms with Gasteiger partial charge in [-0.2, -0.15) is 5.10 Å². The number of amides is 1. The number of hydrazine groups is 1. The lowest BCUT2D eigenvalue weighted by Crippen LogP contribution is -2.48. The molecule has 2 aromatic heterocycles. The zero-order chi connectivity index (χ0) is 24.2. The molecule has 0 bridgehead atoms. The van der Waals surface area contributed by atoms with Crippen LogP contribution in [-0.2, 0) is 13.6 Å². The third-order valence-corrected chi connectivity index (χ3v) is 5.02. The maximum absolute atomic E-state index is 12.8. The third-order valence-electron chi connectivity index (χ3n) is 4.77. The molecule has 0 unspecified atom stereocenters. The number of hydrogen-bond acceptors (Lipinski definition) is 7. The van der Waals surface area contributed by atoms with Crippen molar-refractivity contribution in [1.82, 2.24) is 29.7 Å². The van der Waals surface area contributed by atoms with Crippen molar-refractivity contribution in [3.8, 4) is 11.6 Å². The number of nitrogen functional groups attached to an aromatic ring is 1. The van der Waals surface area contributed by atoms with Crippen molar-refractivity contribution in [2.24, 2.45) is 17.9 Å². The van der Waals surface area contributed by atoms with Crippen molar-refractivity contribution in [2.75, 3.05) is 0 Å². The Bertz CT molecular complexity index is 1510. The number of ether oxygens (including phenoxy) is 1. The molecule has 12 nitrogen and oxygen atoms in total. The highest BCUT2D eigenvalue weighted by Gasteiger charge is 2.10. The lowest BCUT2D eigenvalue weighted by Gasteiger charge is -2.09. The normalized spacial score (nSPS) is 11.4. The molecular formula is C21H19ClN8O4. The molecule has 174 valence electrons. The van der Waals surface area contributed by atoms with Gasteiger partial charge < -0.3 is 4.74 Å². The fourth-order valence-corrected chi connectivity index (χ4v) is 3.12. The largest absolute Gasteiger partial charge is 0.440 e. The first-order valence-corrected chi connectivity index (χ1v) is 10.3. The van der Waals surface area contributed by atoms with Gasteiger partial charge in [0.25, 0.3) is 5.91 Å². The van der Waals surface area contributed by atoms with Crippen molar-refractivity contribution >= 4 is 23.2 Å². The van der Waals surface area contributed by atoms with E-state index in [0.29, 0.717) is 16.5 Å². The number of nitrogens with one attached hydrogen (secondary N) is 3. The molecule has 0 fully saturated rings. The number of H-pyrrole nitrogens is 2. The van der Waals surface area contributed by atoms with Crippen LogP contribution < -0.4 is 33.0 Å². The second-order valence-corrected chi connectivity index (χ2v) is 7.54. The summed E-state index contributed by atoms with van der Waals surface area (Å²) in [6.45, 7) is 0.180. The van der Waals surface area contributed by atoms with Crippen molar-refractivity contribution in [1.29, 1.82) is 0 Å². The van der Waals surface area contributed by atoms with Gasteiger partial charge in [-0.1, -0.05) is 23.7 Å². The van der Waals surface area contributed by atoms with Gasteiger partial charge in [-0.25, -0.2) is 30.1 Å². The Labute approximate surface area is 196 Å². The van der Waals surface area contributed by atoms with Crippen LogP contribution in [0, 0.1) is 0 Å². The van der Waals surface area contributed by atoms with Crippen LogP contribution in [0.3, 0.4) is 0 Å². The molecule has 0 saturated heterocycles. The van der Waals surface area contributed by atoms with Gasteiger partial charge >= 0.3 is 11.4 Å². The van der Waals surface area contributed by atoms with Crippen molar-refractivity contribution in [3.63, 3.8) is 0 Å². The number of hydrogen-bond donors (Lipinski definition) is 4. The molecule has 0 spiro atoms. The first-order chi connectivity index (χ1) is 16.3. The number of carbonyl (C=O) groups is 1. The van der Waals surface area contributed by atoms with E-state index in [1.807, 2.05) is 5.43 Å². The molecule has 0 atom stereocenters. The molecule has 0 saturated carbocycles. The van der Waals surface area contributed by atoms with E-state index in [-0.39, 0.29) is 23.7 Å². The van der Waals surface area contributed by atoms with Gasteiger partial charge in [0.05, 0.1) is 12.2 Å². The molecular weight excluding hydrogens is 464 g/mol. The summed E-state index contributed by atoms with van der Waals surface area (Å²) in [7, 11) is 1.38. The van der Waals surface area contributed by atoms with Crippen LogP contribution in [0.4, 0.5) is 5.69 Å². The third kappa shape index (κ3) is 4.98. The van der Waals surface area contributed by atoms with E-state index in [0.717, 1.165) is 10.1 Å². The predicted molar refractivity (Wildman–Crippen MR) is 123 cm³/mol. The number of carbonyl (C=O) groups excluding carboxylic acids is 1. The van der Waals surface area contributed by atoms with Crippen molar-refractivity contribution < 1.29 is 9.53 Å². The highest BCUT2D eigenvalue weighted by molar-refractivity contribution is 6.30. The molecule has 0 aliphatic carbocycles. The summed E-state index contributed by atoms with van der Waals surface area (Å²) in [5.74, 6) is 5.19.